The highest BCUT2D eigenvalue weighted by Gasteiger charge is 2.32. The molecule has 1 amide bonds. The monoisotopic (exact) mass is 362 g/mol. The Kier molecular flexibility index (Phi) is 3.43. The van der Waals surface area contributed by atoms with Gasteiger partial charge in [-0.15, -0.1) is 0 Å². The molecule has 0 saturated carbocycles. The zero-order chi connectivity index (χ0) is 18.6. The second-order valence-corrected chi connectivity index (χ2v) is 5.96. The van der Waals surface area contributed by atoms with E-state index in [1.807, 2.05) is 0 Å². The summed E-state index contributed by atoms with van der Waals surface area (Å²) in [6.45, 7) is 2.29. The Morgan fingerprint density at radius 3 is 2.65 bits per heavy atom. The normalized spacial score (nSPS) is 14.3. The number of imidazole rings is 1. The van der Waals surface area contributed by atoms with Crippen molar-refractivity contribution in [1.82, 2.24) is 18.9 Å². The molecule has 0 aliphatic carbocycles. The molecule has 0 fully saturated rings. The average Bonchev–Trinajstić information content (AvgIpc) is 3.05. The van der Waals surface area contributed by atoms with Gasteiger partial charge in [0.15, 0.2) is 11.3 Å². The van der Waals surface area contributed by atoms with E-state index < -0.39 is 17.3 Å². The average molecular weight is 362 g/mol. The molecule has 9 heteroatoms. The lowest BCUT2D eigenvalue weighted by atomic mass is 10.1. The number of carbonyl (C=O) groups excluding carboxylic acids is 1. The summed E-state index contributed by atoms with van der Waals surface area (Å²) in [7, 11) is 0. The lowest BCUT2D eigenvalue weighted by Crippen LogP contribution is -2.41. The van der Waals surface area contributed by atoms with Crippen LogP contribution in [0, 0.1) is 0 Å². The molecule has 0 bridgehead atoms. The van der Waals surface area contributed by atoms with Gasteiger partial charge in [-0.25, -0.2) is 4.98 Å². The fraction of sp³-hybridized carbons (Fsp3) is 0.235. The SMILES string of the molecule is CCN1Cn2c(=O)cc(-c3cccc(C(F)(F)F)c3)n3cnc(c23)C1=O. The van der Waals surface area contributed by atoms with Gasteiger partial charge in [-0.05, 0) is 24.6 Å². The molecule has 0 unspecified atom stereocenters. The molecule has 0 N–H and O–H groups in total. The van der Waals surface area contributed by atoms with Gasteiger partial charge in [0.25, 0.3) is 11.5 Å². The predicted octanol–water partition coefficient (Wildman–Crippen LogP) is 2.62. The van der Waals surface area contributed by atoms with E-state index in [9.17, 15) is 22.8 Å². The van der Waals surface area contributed by atoms with Gasteiger partial charge in [-0.3, -0.25) is 18.6 Å². The largest absolute Gasteiger partial charge is 0.416 e. The van der Waals surface area contributed by atoms with Crippen LogP contribution in [-0.4, -0.2) is 31.3 Å². The Bertz CT molecular complexity index is 1100. The maximum atomic E-state index is 13.0. The van der Waals surface area contributed by atoms with Crippen LogP contribution in [0.2, 0.25) is 0 Å². The molecule has 134 valence electrons. The zero-order valence-electron chi connectivity index (χ0n) is 13.6. The van der Waals surface area contributed by atoms with Gasteiger partial charge >= 0.3 is 6.18 Å². The van der Waals surface area contributed by atoms with Gasteiger partial charge < -0.3 is 4.90 Å². The fourth-order valence-corrected chi connectivity index (χ4v) is 3.14. The Labute approximate surface area is 145 Å². The highest BCUT2D eigenvalue weighted by molar-refractivity contribution is 5.99. The van der Waals surface area contributed by atoms with Crippen molar-refractivity contribution in [3.8, 4) is 11.3 Å². The van der Waals surface area contributed by atoms with Gasteiger partial charge in [-0.1, -0.05) is 12.1 Å². The number of hydrogen-bond donors (Lipinski definition) is 0. The molecule has 0 spiro atoms. The molecule has 0 atom stereocenters. The van der Waals surface area contributed by atoms with Crippen molar-refractivity contribution < 1.29 is 18.0 Å². The van der Waals surface area contributed by atoms with Gasteiger partial charge in [0.1, 0.15) is 13.0 Å². The van der Waals surface area contributed by atoms with Gasteiger partial charge in [-0.2, -0.15) is 13.2 Å². The lowest BCUT2D eigenvalue weighted by molar-refractivity contribution is -0.137. The van der Waals surface area contributed by atoms with Crippen LogP contribution in [0.3, 0.4) is 0 Å². The second kappa shape index (κ2) is 5.45. The van der Waals surface area contributed by atoms with Crippen LogP contribution >= 0.6 is 0 Å². The van der Waals surface area contributed by atoms with E-state index in [-0.39, 0.29) is 29.5 Å². The Balaban J connectivity index is 1.98. The van der Waals surface area contributed by atoms with Gasteiger partial charge in [0.05, 0.1) is 11.3 Å². The van der Waals surface area contributed by atoms with Crippen molar-refractivity contribution in [2.75, 3.05) is 6.54 Å². The van der Waals surface area contributed by atoms with Crippen LogP contribution in [0.15, 0.2) is 41.5 Å². The van der Waals surface area contributed by atoms with Gasteiger partial charge in [0, 0.05) is 12.6 Å². The number of nitrogens with zero attached hydrogens (tertiary/aromatic N) is 4. The molecule has 4 rings (SSSR count). The third kappa shape index (κ3) is 2.31. The quantitative estimate of drug-likeness (QED) is 0.704. The molecule has 3 aromatic rings. The summed E-state index contributed by atoms with van der Waals surface area (Å²) in [5.41, 5.74) is -0.337. The molecule has 0 saturated heterocycles. The Morgan fingerprint density at radius 1 is 1.19 bits per heavy atom. The van der Waals surface area contributed by atoms with E-state index in [0.29, 0.717) is 12.2 Å². The first kappa shape index (κ1) is 16.4. The van der Waals surface area contributed by atoms with E-state index in [1.165, 1.54) is 38.4 Å². The standard InChI is InChI=1S/C17H13F3N4O2/c1-2-22-9-24-13(25)7-12(23-8-21-14(15(23)24)16(22)26)10-4-3-5-11(6-10)17(18,19)20/h3-8H,2,9H2,1H3. The number of rotatable bonds is 2. The number of aromatic nitrogens is 3. The topological polar surface area (TPSA) is 59.6 Å². The smallest absolute Gasteiger partial charge is 0.319 e. The molecule has 2 aromatic heterocycles. The zero-order valence-corrected chi connectivity index (χ0v) is 13.6. The first-order valence-electron chi connectivity index (χ1n) is 7.89. The second-order valence-electron chi connectivity index (χ2n) is 5.96. The molecule has 26 heavy (non-hydrogen) atoms. The summed E-state index contributed by atoms with van der Waals surface area (Å²) < 4.78 is 41.9. The number of benzene rings is 1. The van der Waals surface area contributed by atoms with Crippen LogP contribution in [0.5, 0.6) is 0 Å². The summed E-state index contributed by atoms with van der Waals surface area (Å²) >= 11 is 0. The van der Waals surface area contributed by atoms with Gasteiger partial charge in [0.2, 0.25) is 0 Å². The molecule has 1 aliphatic rings. The molecular weight excluding hydrogens is 349 g/mol. The maximum Gasteiger partial charge on any atom is 0.416 e. The van der Waals surface area contributed by atoms with Crippen molar-refractivity contribution in [1.29, 1.82) is 0 Å². The highest BCUT2D eigenvalue weighted by atomic mass is 19.4. The molecule has 1 aliphatic heterocycles. The summed E-state index contributed by atoms with van der Waals surface area (Å²) in [5, 5.41) is 0. The highest BCUT2D eigenvalue weighted by Crippen LogP contribution is 2.32. The molecule has 0 radical (unpaired) electrons. The molecule has 6 nitrogen and oxygen atoms in total. The Morgan fingerprint density at radius 2 is 1.96 bits per heavy atom. The van der Waals surface area contributed by atoms with Crippen molar-refractivity contribution in [3.05, 3.63) is 58.3 Å². The van der Waals surface area contributed by atoms with Crippen LogP contribution in [0.1, 0.15) is 23.0 Å². The summed E-state index contributed by atoms with van der Waals surface area (Å²) in [5.74, 6) is -0.310. The van der Waals surface area contributed by atoms with E-state index in [0.717, 1.165) is 12.1 Å². The first-order chi connectivity index (χ1) is 12.3. The van der Waals surface area contributed by atoms with Crippen molar-refractivity contribution >= 4 is 11.6 Å². The maximum absolute atomic E-state index is 13.0. The van der Waals surface area contributed by atoms with Crippen LogP contribution in [-0.2, 0) is 12.8 Å². The summed E-state index contributed by atoms with van der Waals surface area (Å²) in [4.78, 5) is 30.5. The number of alkyl halides is 3. The third-order valence-electron chi connectivity index (χ3n) is 4.45. The van der Waals surface area contributed by atoms with Crippen LogP contribution in [0.4, 0.5) is 13.2 Å². The number of carbonyl (C=O) groups is 1. The molecular formula is C17H13F3N4O2. The lowest BCUT2D eigenvalue weighted by Gasteiger charge is -2.26. The molecule has 1 aromatic carbocycles. The minimum atomic E-state index is -4.49. The van der Waals surface area contributed by atoms with Crippen LogP contribution in [0.25, 0.3) is 16.9 Å². The summed E-state index contributed by atoms with van der Waals surface area (Å²) in [6, 6.07) is 5.97. The van der Waals surface area contributed by atoms with Crippen molar-refractivity contribution in [3.63, 3.8) is 0 Å². The minimum absolute atomic E-state index is 0.0826. The summed E-state index contributed by atoms with van der Waals surface area (Å²) in [6.07, 6.45) is -3.14. The van der Waals surface area contributed by atoms with Crippen molar-refractivity contribution in [2.24, 2.45) is 0 Å². The fourth-order valence-electron chi connectivity index (χ4n) is 3.14. The van der Waals surface area contributed by atoms with E-state index >= 15 is 0 Å². The number of halogens is 3. The van der Waals surface area contributed by atoms with E-state index in [2.05, 4.69) is 4.98 Å². The first-order valence-corrected chi connectivity index (χ1v) is 7.89. The predicted molar refractivity (Wildman–Crippen MR) is 86.6 cm³/mol. The van der Waals surface area contributed by atoms with Crippen molar-refractivity contribution in [2.45, 2.75) is 19.8 Å². The van der Waals surface area contributed by atoms with E-state index in [4.69, 9.17) is 0 Å². The Hall–Kier alpha value is -3.10. The number of amides is 1. The minimum Gasteiger partial charge on any atom is -0.319 e. The number of hydrogen-bond acceptors (Lipinski definition) is 3. The third-order valence-corrected chi connectivity index (χ3v) is 4.45. The van der Waals surface area contributed by atoms with E-state index in [1.54, 1.807) is 6.92 Å². The molecule has 3 heterocycles. The van der Waals surface area contributed by atoms with Crippen LogP contribution < -0.4 is 5.56 Å².